The Morgan fingerprint density at radius 1 is 0.968 bits per heavy atom. The van der Waals surface area contributed by atoms with Crippen LogP contribution in [0.4, 0.5) is 10.1 Å². The molecule has 1 amide bonds. The van der Waals surface area contributed by atoms with Crippen LogP contribution in [0, 0.1) is 5.82 Å². The molecule has 3 aromatic carbocycles. The van der Waals surface area contributed by atoms with Gasteiger partial charge in [0.15, 0.2) is 0 Å². The Morgan fingerprint density at radius 3 is 2.29 bits per heavy atom. The summed E-state index contributed by atoms with van der Waals surface area (Å²) in [5.74, 6) is 0.109. The van der Waals surface area contributed by atoms with Crippen molar-refractivity contribution in [2.24, 2.45) is 0 Å². The van der Waals surface area contributed by atoms with E-state index in [1.54, 1.807) is 31.4 Å². The highest BCUT2D eigenvalue weighted by molar-refractivity contribution is 6.08. The first-order valence-electron chi connectivity index (χ1n) is 10.6. The van der Waals surface area contributed by atoms with Crippen molar-refractivity contribution in [3.05, 3.63) is 95.8 Å². The summed E-state index contributed by atoms with van der Waals surface area (Å²) in [4.78, 5) is 17.9. The van der Waals surface area contributed by atoms with Crippen molar-refractivity contribution < 1.29 is 13.9 Å². The average Bonchev–Trinajstić information content (AvgIpc) is 2.82. The highest BCUT2D eigenvalue weighted by atomic mass is 19.1. The van der Waals surface area contributed by atoms with E-state index in [2.05, 4.69) is 29.2 Å². The molecule has 3 aromatic rings. The van der Waals surface area contributed by atoms with Gasteiger partial charge >= 0.3 is 0 Å². The van der Waals surface area contributed by atoms with Gasteiger partial charge in [-0.15, -0.1) is 0 Å². The lowest BCUT2D eigenvalue weighted by Crippen LogP contribution is -2.47. The van der Waals surface area contributed by atoms with E-state index in [9.17, 15) is 9.18 Å². The van der Waals surface area contributed by atoms with Crippen LogP contribution in [0.15, 0.2) is 78.9 Å². The molecule has 0 saturated carbocycles. The van der Waals surface area contributed by atoms with E-state index in [1.165, 1.54) is 17.7 Å². The van der Waals surface area contributed by atoms with Gasteiger partial charge in [0.2, 0.25) is 0 Å². The van der Waals surface area contributed by atoms with E-state index in [1.807, 2.05) is 23.1 Å². The van der Waals surface area contributed by atoms with Crippen LogP contribution < -0.4 is 9.64 Å². The fourth-order valence-corrected chi connectivity index (χ4v) is 4.22. The Kier molecular flexibility index (Phi) is 6.63. The maximum atomic E-state index is 13.6. The van der Waals surface area contributed by atoms with Crippen LogP contribution in [-0.2, 0) is 6.54 Å². The van der Waals surface area contributed by atoms with Crippen molar-refractivity contribution >= 4 is 11.6 Å². The van der Waals surface area contributed by atoms with Crippen molar-refractivity contribution in [2.75, 3.05) is 25.1 Å². The number of methoxy groups -OCH3 is 1. The van der Waals surface area contributed by atoms with Gasteiger partial charge in [-0.2, -0.15) is 0 Å². The van der Waals surface area contributed by atoms with Gasteiger partial charge < -0.3 is 9.64 Å². The molecule has 0 spiro atoms. The zero-order valence-electron chi connectivity index (χ0n) is 17.7. The van der Waals surface area contributed by atoms with Crippen molar-refractivity contribution in [3.8, 4) is 5.75 Å². The topological polar surface area (TPSA) is 32.8 Å². The third-order valence-corrected chi connectivity index (χ3v) is 5.83. The molecule has 0 aromatic heterocycles. The quantitative estimate of drug-likeness (QED) is 0.555. The first-order chi connectivity index (χ1) is 15.2. The average molecular weight is 419 g/mol. The summed E-state index contributed by atoms with van der Waals surface area (Å²) in [5, 5.41) is 0. The third-order valence-electron chi connectivity index (χ3n) is 5.83. The van der Waals surface area contributed by atoms with E-state index < -0.39 is 0 Å². The van der Waals surface area contributed by atoms with Crippen LogP contribution in [0.1, 0.15) is 28.8 Å². The molecule has 0 radical (unpaired) electrons. The largest absolute Gasteiger partial charge is 0.496 e. The van der Waals surface area contributed by atoms with Crippen LogP contribution in [-0.4, -0.2) is 37.0 Å². The van der Waals surface area contributed by atoms with Crippen LogP contribution in [0.5, 0.6) is 5.75 Å². The predicted octanol–water partition coefficient (Wildman–Crippen LogP) is 5.15. The zero-order valence-corrected chi connectivity index (χ0v) is 17.7. The van der Waals surface area contributed by atoms with Crippen molar-refractivity contribution in [2.45, 2.75) is 25.4 Å². The van der Waals surface area contributed by atoms with Gasteiger partial charge in [0.1, 0.15) is 11.6 Å². The van der Waals surface area contributed by atoms with Gasteiger partial charge in [-0.1, -0.05) is 42.5 Å². The van der Waals surface area contributed by atoms with Gasteiger partial charge in [-0.3, -0.25) is 9.69 Å². The van der Waals surface area contributed by atoms with Crippen LogP contribution in [0.25, 0.3) is 0 Å². The smallest absolute Gasteiger partial charge is 0.262 e. The summed E-state index contributed by atoms with van der Waals surface area (Å²) >= 11 is 0. The van der Waals surface area contributed by atoms with E-state index in [0.717, 1.165) is 32.5 Å². The molecular formula is C26H27FN2O2. The van der Waals surface area contributed by atoms with Gasteiger partial charge in [-0.25, -0.2) is 4.39 Å². The molecule has 0 unspecified atom stereocenters. The second-order valence-corrected chi connectivity index (χ2v) is 7.84. The molecule has 4 nitrogen and oxygen atoms in total. The number of piperidine rings is 1. The first-order valence-corrected chi connectivity index (χ1v) is 10.6. The second-order valence-electron chi connectivity index (χ2n) is 7.84. The molecule has 4 rings (SSSR count). The van der Waals surface area contributed by atoms with Gasteiger partial charge in [-0.05, 0) is 54.8 Å². The monoisotopic (exact) mass is 418 g/mol. The van der Waals surface area contributed by atoms with E-state index in [0.29, 0.717) is 17.0 Å². The molecule has 5 heteroatoms. The van der Waals surface area contributed by atoms with Gasteiger partial charge in [0.05, 0.1) is 12.7 Å². The Bertz CT molecular complexity index is 999. The standard InChI is InChI=1S/C26H27FN2O2/c1-31-25-10-6-5-9-24(25)26(30)29(22-13-11-21(27)12-14-22)23-15-17-28(18-16-23)19-20-7-3-2-4-8-20/h2-14,23H,15-19H2,1H3. The Hall–Kier alpha value is -3.18. The number of benzene rings is 3. The predicted molar refractivity (Wildman–Crippen MR) is 121 cm³/mol. The van der Waals surface area contributed by atoms with Crippen molar-refractivity contribution in [1.82, 2.24) is 4.90 Å². The molecule has 0 N–H and O–H groups in total. The van der Waals surface area contributed by atoms with Crippen LogP contribution in [0.3, 0.4) is 0 Å². The molecule has 160 valence electrons. The number of carbonyl (C=O) groups is 1. The third kappa shape index (κ3) is 4.94. The maximum Gasteiger partial charge on any atom is 0.262 e. The molecule has 1 saturated heterocycles. The molecule has 0 atom stereocenters. The number of carbonyl (C=O) groups excluding carboxylic acids is 1. The summed E-state index contributed by atoms with van der Waals surface area (Å²) in [7, 11) is 1.57. The van der Waals surface area contributed by atoms with Crippen LogP contribution in [0.2, 0.25) is 0 Å². The van der Waals surface area contributed by atoms with Gasteiger partial charge in [0.25, 0.3) is 5.91 Å². The fraction of sp³-hybridized carbons (Fsp3) is 0.269. The van der Waals surface area contributed by atoms with E-state index in [4.69, 9.17) is 4.74 Å². The van der Waals surface area contributed by atoms with Gasteiger partial charge in [0, 0.05) is 31.4 Å². The number of anilines is 1. The lowest BCUT2D eigenvalue weighted by Gasteiger charge is -2.39. The van der Waals surface area contributed by atoms with Crippen molar-refractivity contribution in [3.63, 3.8) is 0 Å². The number of halogens is 1. The SMILES string of the molecule is COc1ccccc1C(=O)N(c1ccc(F)cc1)C1CCN(Cc2ccccc2)CC1. The number of amides is 1. The molecule has 1 heterocycles. The minimum Gasteiger partial charge on any atom is -0.496 e. The number of hydrogen-bond acceptors (Lipinski definition) is 3. The minimum absolute atomic E-state index is 0.0369. The number of para-hydroxylation sites is 1. The lowest BCUT2D eigenvalue weighted by atomic mass is 10.00. The Labute approximate surface area is 182 Å². The molecule has 1 aliphatic heterocycles. The maximum absolute atomic E-state index is 13.6. The lowest BCUT2D eigenvalue weighted by molar-refractivity contribution is 0.0955. The minimum atomic E-state index is -0.314. The summed E-state index contributed by atoms with van der Waals surface area (Å²) in [5.41, 5.74) is 2.52. The normalized spacial score (nSPS) is 14.9. The summed E-state index contributed by atoms with van der Waals surface area (Å²) in [6.45, 7) is 2.71. The number of rotatable bonds is 6. The first kappa shape index (κ1) is 21.1. The summed E-state index contributed by atoms with van der Waals surface area (Å²) < 4.78 is 19.0. The highest BCUT2D eigenvalue weighted by Gasteiger charge is 2.31. The zero-order chi connectivity index (χ0) is 21.6. The number of likely N-dealkylation sites (tertiary alicyclic amines) is 1. The summed E-state index contributed by atoms with van der Waals surface area (Å²) in [6.07, 6.45) is 1.70. The van der Waals surface area contributed by atoms with Crippen molar-refractivity contribution in [1.29, 1.82) is 0 Å². The number of nitrogens with zero attached hydrogens (tertiary/aromatic N) is 2. The van der Waals surface area contributed by atoms with E-state index in [-0.39, 0.29) is 17.8 Å². The Morgan fingerprint density at radius 2 is 1.61 bits per heavy atom. The Balaban J connectivity index is 1.55. The molecule has 1 aliphatic rings. The number of ether oxygens (including phenoxy) is 1. The molecule has 31 heavy (non-hydrogen) atoms. The van der Waals surface area contributed by atoms with Crippen LogP contribution >= 0.6 is 0 Å². The fourth-order valence-electron chi connectivity index (χ4n) is 4.22. The molecule has 0 aliphatic carbocycles. The second kappa shape index (κ2) is 9.75. The molecular weight excluding hydrogens is 391 g/mol. The van der Waals surface area contributed by atoms with E-state index >= 15 is 0 Å². The summed E-state index contributed by atoms with van der Waals surface area (Å²) in [6, 6.07) is 23.9. The highest BCUT2D eigenvalue weighted by Crippen LogP contribution is 2.29. The molecule has 0 bridgehead atoms. The number of hydrogen-bond donors (Lipinski definition) is 0. The molecule has 1 fully saturated rings.